The fourth-order valence-electron chi connectivity index (χ4n) is 1.40. The van der Waals surface area contributed by atoms with E-state index >= 15 is 0 Å². The summed E-state index contributed by atoms with van der Waals surface area (Å²) in [5.41, 5.74) is 0. The lowest BCUT2D eigenvalue weighted by Crippen LogP contribution is -2.15. The highest BCUT2D eigenvalue weighted by atomic mass is 35.7. The molecule has 0 N–H and O–H groups in total. The van der Waals surface area contributed by atoms with Gasteiger partial charge in [-0.2, -0.15) is 0 Å². The third-order valence-corrected chi connectivity index (χ3v) is 4.86. The SMILES string of the molecule is Fc1ccc(F)c(P(Cl)c2cc(F)ccc2F)c1. The predicted molar refractivity (Wildman–Crippen MR) is 64.8 cm³/mol. The van der Waals surface area contributed by atoms with Crippen LogP contribution in [0.5, 0.6) is 0 Å². The molecule has 2 aromatic rings. The number of halogens is 5. The molecule has 18 heavy (non-hydrogen) atoms. The van der Waals surface area contributed by atoms with Crippen molar-refractivity contribution in [2.24, 2.45) is 0 Å². The zero-order valence-corrected chi connectivity index (χ0v) is 10.5. The van der Waals surface area contributed by atoms with Crippen LogP contribution in [0.1, 0.15) is 0 Å². The molecule has 0 aliphatic heterocycles. The number of hydrogen-bond acceptors (Lipinski definition) is 0. The Bertz CT molecular complexity index is 537. The maximum absolute atomic E-state index is 13.5. The molecule has 0 saturated heterocycles. The van der Waals surface area contributed by atoms with Crippen LogP contribution in [-0.2, 0) is 0 Å². The van der Waals surface area contributed by atoms with Gasteiger partial charge >= 0.3 is 0 Å². The van der Waals surface area contributed by atoms with Crippen LogP contribution in [0.15, 0.2) is 36.4 Å². The summed E-state index contributed by atoms with van der Waals surface area (Å²) in [6, 6.07) is 5.44. The molecule has 0 aliphatic rings. The van der Waals surface area contributed by atoms with Gasteiger partial charge < -0.3 is 0 Å². The molecule has 0 nitrogen and oxygen atoms in total. The molecule has 2 aromatic carbocycles. The summed E-state index contributed by atoms with van der Waals surface area (Å²) in [7, 11) is -2.00. The maximum Gasteiger partial charge on any atom is 0.132 e. The van der Waals surface area contributed by atoms with Crippen LogP contribution >= 0.6 is 18.5 Å². The molecular formula is C12H6ClF4P. The minimum Gasteiger partial charge on any atom is -0.207 e. The molecule has 0 atom stereocenters. The van der Waals surface area contributed by atoms with E-state index in [-0.39, 0.29) is 10.6 Å². The van der Waals surface area contributed by atoms with Crippen LogP contribution in [0.4, 0.5) is 17.6 Å². The van der Waals surface area contributed by atoms with Crippen LogP contribution in [0.3, 0.4) is 0 Å². The van der Waals surface area contributed by atoms with Gasteiger partial charge in [-0.1, -0.05) is 11.2 Å². The predicted octanol–water partition coefficient (Wildman–Crippen LogP) is 3.83. The van der Waals surface area contributed by atoms with E-state index in [4.69, 9.17) is 11.2 Å². The van der Waals surface area contributed by atoms with Gasteiger partial charge in [0.1, 0.15) is 23.3 Å². The lowest BCUT2D eigenvalue weighted by Gasteiger charge is -2.12. The minimum atomic E-state index is -2.00. The first-order valence-corrected chi connectivity index (χ1v) is 7.09. The van der Waals surface area contributed by atoms with Gasteiger partial charge in [0, 0.05) is 10.6 Å². The maximum atomic E-state index is 13.5. The van der Waals surface area contributed by atoms with Crippen molar-refractivity contribution in [3.63, 3.8) is 0 Å². The summed E-state index contributed by atoms with van der Waals surface area (Å²) in [5.74, 6) is -2.87. The summed E-state index contributed by atoms with van der Waals surface area (Å²) in [5, 5.41) is -0.340. The molecule has 0 amide bonds. The topological polar surface area (TPSA) is 0 Å². The molecule has 0 aliphatic carbocycles. The molecule has 0 spiro atoms. The van der Waals surface area contributed by atoms with E-state index in [1.54, 1.807) is 0 Å². The van der Waals surface area contributed by atoms with Crippen molar-refractivity contribution < 1.29 is 17.6 Å². The van der Waals surface area contributed by atoms with Gasteiger partial charge in [-0.05, 0) is 36.4 Å². The fourth-order valence-corrected chi connectivity index (χ4v) is 3.44. The number of benzene rings is 2. The van der Waals surface area contributed by atoms with Crippen LogP contribution in [-0.4, -0.2) is 0 Å². The van der Waals surface area contributed by atoms with E-state index in [0.717, 1.165) is 36.4 Å². The molecule has 6 heteroatoms. The van der Waals surface area contributed by atoms with Crippen molar-refractivity contribution in [3.05, 3.63) is 59.7 Å². The highest BCUT2D eigenvalue weighted by Crippen LogP contribution is 2.40. The second-order valence-electron chi connectivity index (χ2n) is 3.47. The average molecular weight is 293 g/mol. The molecule has 2 rings (SSSR count). The lowest BCUT2D eigenvalue weighted by atomic mass is 10.3. The van der Waals surface area contributed by atoms with E-state index in [1.165, 1.54) is 0 Å². The Hall–Kier alpha value is -1.12. The first kappa shape index (κ1) is 13.3. The molecule has 0 unspecified atom stereocenters. The van der Waals surface area contributed by atoms with Crippen LogP contribution < -0.4 is 10.6 Å². The highest BCUT2D eigenvalue weighted by Gasteiger charge is 2.20. The van der Waals surface area contributed by atoms with E-state index in [9.17, 15) is 17.6 Å². The van der Waals surface area contributed by atoms with E-state index in [1.807, 2.05) is 0 Å². The molecule has 0 radical (unpaired) electrons. The van der Waals surface area contributed by atoms with E-state index < -0.39 is 30.5 Å². The molecule has 94 valence electrons. The third kappa shape index (κ3) is 2.65. The fraction of sp³-hybridized carbons (Fsp3) is 0. The van der Waals surface area contributed by atoms with Gasteiger partial charge in [0.05, 0.1) is 7.27 Å². The molecule has 0 fully saturated rings. The van der Waals surface area contributed by atoms with Gasteiger partial charge in [-0.15, -0.1) is 0 Å². The monoisotopic (exact) mass is 292 g/mol. The Labute approximate surface area is 107 Å². The zero-order valence-electron chi connectivity index (χ0n) is 8.80. The second kappa shape index (κ2) is 5.25. The number of rotatable bonds is 2. The Balaban J connectivity index is 2.50. The van der Waals surface area contributed by atoms with Crippen LogP contribution in [0.25, 0.3) is 0 Å². The lowest BCUT2D eigenvalue weighted by molar-refractivity contribution is 0.605. The first-order valence-electron chi connectivity index (χ1n) is 4.85. The quantitative estimate of drug-likeness (QED) is 0.583. The minimum absolute atomic E-state index is 0.170. The number of hydrogen-bond donors (Lipinski definition) is 0. The molecule has 0 aromatic heterocycles. The van der Waals surface area contributed by atoms with Crippen LogP contribution in [0, 0.1) is 23.3 Å². The largest absolute Gasteiger partial charge is 0.207 e. The summed E-state index contributed by atoms with van der Waals surface area (Å²) >= 11 is 5.94. The highest BCUT2D eigenvalue weighted by molar-refractivity contribution is 7.95. The molecular weight excluding hydrogens is 287 g/mol. The van der Waals surface area contributed by atoms with E-state index in [2.05, 4.69) is 0 Å². The average Bonchev–Trinajstić information content (AvgIpc) is 2.34. The van der Waals surface area contributed by atoms with Crippen molar-refractivity contribution in [1.29, 1.82) is 0 Å². The van der Waals surface area contributed by atoms with Gasteiger partial charge in [0.15, 0.2) is 0 Å². The summed E-state index contributed by atoms with van der Waals surface area (Å²) in [6.07, 6.45) is 0. The first-order chi connectivity index (χ1) is 8.49. The van der Waals surface area contributed by atoms with Gasteiger partial charge in [0.2, 0.25) is 0 Å². The Morgan fingerprint density at radius 3 is 1.50 bits per heavy atom. The summed E-state index contributed by atoms with van der Waals surface area (Å²) in [4.78, 5) is 0. The van der Waals surface area contributed by atoms with Crippen molar-refractivity contribution in [2.75, 3.05) is 0 Å². The van der Waals surface area contributed by atoms with Crippen molar-refractivity contribution in [3.8, 4) is 0 Å². The van der Waals surface area contributed by atoms with E-state index in [0.29, 0.717) is 0 Å². The van der Waals surface area contributed by atoms with Crippen LogP contribution in [0.2, 0.25) is 0 Å². The Morgan fingerprint density at radius 2 is 1.11 bits per heavy atom. The standard InChI is InChI=1S/C12H6ClF4P/c13-18(11-5-7(14)1-3-9(11)16)12-6-8(15)2-4-10(12)17/h1-6H. The second-order valence-corrected chi connectivity index (χ2v) is 6.01. The van der Waals surface area contributed by atoms with Gasteiger partial charge in [0.25, 0.3) is 0 Å². The van der Waals surface area contributed by atoms with Gasteiger partial charge in [-0.3, -0.25) is 0 Å². The van der Waals surface area contributed by atoms with Gasteiger partial charge in [-0.25, -0.2) is 17.6 Å². The normalized spacial score (nSPS) is 11.0. The van der Waals surface area contributed by atoms with Crippen molar-refractivity contribution in [1.82, 2.24) is 0 Å². The van der Waals surface area contributed by atoms with Crippen molar-refractivity contribution >= 4 is 29.1 Å². The third-order valence-electron chi connectivity index (χ3n) is 2.24. The molecule has 0 heterocycles. The molecule has 0 bridgehead atoms. The smallest absolute Gasteiger partial charge is 0.132 e. The summed E-state index contributed by atoms with van der Waals surface area (Å²) in [6.45, 7) is 0. The Morgan fingerprint density at radius 1 is 0.722 bits per heavy atom. The molecule has 0 saturated carbocycles. The van der Waals surface area contributed by atoms with Crippen molar-refractivity contribution in [2.45, 2.75) is 0 Å². The zero-order chi connectivity index (χ0) is 13.3. The summed E-state index contributed by atoms with van der Waals surface area (Å²) < 4.78 is 53.0. The Kier molecular flexibility index (Phi) is 3.88.